The smallest absolute Gasteiger partial charge is 0.303 e. The van der Waals surface area contributed by atoms with E-state index in [1.807, 2.05) is 30.5 Å². The molecule has 0 spiro atoms. The molecule has 0 aliphatic carbocycles. The van der Waals surface area contributed by atoms with Crippen molar-refractivity contribution in [2.24, 2.45) is 11.8 Å². The van der Waals surface area contributed by atoms with Gasteiger partial charge in [-0.1, -0.05) is 13.3 Å². The molecule has 5 heteroatoms. The van der Waals surface area contributed by atoms with E-state index in [1.54, 1.807) is 7.11 Å². The highest BCUT2D eigenvalue weighted by Crippen LogP contribution is 2.44. The number of hydrogen-bond acceptors (Lipinski definition) is 5. The van der Waals surface area contributed by atoms with Crippen LogP contribution in [0.5, 0.6) is 5.75 Å². The Morgan fingerprint density at radius 3 is 2.89 bits per heavy atom. The molecule has 144 valence electrons. The second-order valence-electron chi connectivity index (χ2n) is 7.83. The molecule has 1 unspecified atom stereocenters. The van der Waals surface area contributed by atoms with Crippen LogP contribution in [0.15, 0.2) is 30.5 Å². The number of pyridine rings is 1. The predicted octanol–water partition coefficient (Wildman–Crippen LogP) is 3.97. The molecule has 3 aliphatic heterocycles. The maximum absolute atomic E-state index is 12.0. The molecular formula is C22H28N2O3. The summed E-state index contributed by atoms with van der Waals surface area (Å²) in [5.74, 6) is 2.05. The lowest BCUT2D eigenvalue weighted by Gasteiger charge is -2.51. The zero-order chi connectivity index (χ0) is 19.0. The van der Waals surface area contributed by atoms with E-state index in [1.165, 1.54) is 19.8 Å². The highest BCUT2D eigenvalue weighted by atomic mass is 16.5. The van der Waals surface area contributed by atoms with E-state index in [-0.39, 0.29) is 18.1 Å². The van der Waals surface area contributed by atoms with Crippen molar-refractivity contribution in [1.82, 2.24) is 9.88 Å². The zero-order valence-corrected chi connectivity index (χ0v) is 16.4. The van der Waals surface area contributed by atoms with Crippen LogP contribution in [0, 0.1) is 11.8 Å². The minimum atomic E-state index is -0.277. The highest BCUT2D eigenvalue weighted by Gasteiger charge is 2.44. The number of methoxy groups -OCH3 is 1. The van der Waals surface area contributed by atoms with Gasteiger partial charge in [0.15, 0.2) is 0 Å². The van der Waals surface area contributed by atoms with E-state index in [0.29, 0.717) is 0 Å². The Bertz CT molecular complexity index is 837. The van der Waals surface area contributed by atoms with Gasteiger partial charge in [0.05, 0.1) is 18.7 Å². The molecule has 5 rings (SSSR count). The Morgan fingerprint density at radius 1 is 1.37 bits per heavy atom. The number of nitrogens with zero attached hydrogens (tertiary/aromatic N) is 2. The molecule has 4 heterocycles. The van der Waals surface area contributed by atoms with E-state index in [0.717, 1.165) is 53.6 Å². The minimum Gasteiger partial charge on any atom is -0.497 e. The third kappa shape index (κ3) is 3.41. The number of esters is 1. The molecule has 0 N–H and O–H groups in total. The minimum absolute atomic E-state index is 0.229. The average Bonchev–Trinajstić information content (AvgIpc) is 2.71. The molecule has 5 nitrogen and oxygen atoms in total. The number of ether oxygens (including phenoxy) is 2. The molecule has 0 amide bonds. The lowest BCUT2D eigenvalue weighted by atomic mass is 9.72. The van der Waals surface area contributed by atoms with Crippen LogP contribution < -0.4 is 4.74 Å². The monoisotopic (exact) mass is 368 g/mol. The fourth-order valence-corrected chi connectivity index (χ4v) is 5.01. The summed E-state index contributed by atoms with van der Waals surface area (Å²) in [5, 5.41) is 0.998. The first kappa shape index (κ1) is 18.2. The van der Waals surface area contributed by atoms with Crippen molar-refractivity contribution in [3.8, 4) is 5.75 Å². The Morgan fingerprint density at radius 2 is 2.22 bits per heavy atom. The normalized spacial score (nSPS) is 28.1. The number of carbonyl (C=O) groups is 1. The SMILES string of the molecule is CC[C@H]1CN2CC[C@@H]1C[C@@H]2[C@@H](OC(C)=O)c1ccnc2ccc(OC)cc12. The van der Waals surface area contributed by atoms with E-state index in [2.05, 4.69) is 16.8 Å². The Hall–Kier alpha value is -2.14. The number of hydrogen-bond donors (Lipinski definition) is 0. The van der Waals surface area contributed by atoms with Gasteiger partial charge in [-0.15, -0.1) is 0 Å². The molecule has 3 aliphatic rings. The van der Waals surface area contributed by atoms with Gasteiger partial charge in [0.2, 0.25) is 0 Å². The summed E-state index contributed by atoms with van der Waals surface area (Å²) in [7, 11) is 1.66. The van der Waals surface area contributed by atoms with Crippen LogP contribution in [0.1, 0.15) is 44.8 Å². The zero-order valence-electron chi connectivity index (χ0n) is 16.4. The summed E-state index contributed by atoms with van der Waals surface area (Å²) < 4.78 is 11.3. The fourth-order valence-electron chi connectivity index (χ4n) is 5.01. The van der Waals surface area contributed by atoms with Gasteiger partial charge in [-0.05, 0) is 55.5 Å². The Labute approximate surface area is 160 Å². The largest absolute Gasteiger partial charge is 0.497 e. The molecule has 0 saturated carbocycles. The van der Waals surface area contributed by atoms with E-state index in [9.17, 15) is 4.79 Å². The summed E-state index contributed by atoms with van der Waals surface area (Å²) >= 11 is 0. The third-order valence-electron chi connectivity index (χ3n) is 6.39. The Balaban J connectivity index is 1.75. The van der Waals surface area contributed by atoms with Crippen LogP contribution in [0.25, 0.3) is 10.9 Å². The van der Waals surface area contributed by atoms with Gasteiger partial charge < -0.3 is 9.47 Å². The van der Waals surface area contributed by atoms with Crippen LogP contribution in [-0.4, -0.2) is 42.1 Å². The van der Waals surface area contributed by atoms with E-state index in [4.69, 9.17) is 9.47 Å². The Kier molecular flexibility index (Phi) is 5.04. The summed E-state index contributed by atoms with van der Waals surface area (Å²) in [6, 6.07) is 8.10. The predicted molar refractivity (Wildman–Crippen MR) is 105 cm³/mol. The molecule has 1 aromatic carbocycles. The molecule has 3 fully saturated rings. The summed E-state index contributed by atoms with van der Waals surface area (Å²) in [4.78, 5) is 19.0. The molecule has 0 radical (unpaired) electrons. The number of fused-ring (bicyclic) bond motifs is 4. The maximum atomic E-state index is 12.0. The lowest BCUT2D eigenvalue weighted by molar-refractivity contribution is -0.155. The molecule has 2 aromatic rings. The number of rotatable bonds is 5. The first-order chi connectivity index (χ1) is 13.1. The van der Waals surface area contributed by atoms with Crippen molar-refractivity contribution < 1.29 is 14.3 Å². The van der Waals surface area contributed by atoms with Crippen LogP contribution in [-0.2, 0) is 9.53 Å². The maximum Gasteiger partial charge on any atom is 0.303 e. The van der Waals surface area contributed by atoms with Crippen molar-refractivity contribution in [1.29, 1.82) is 0 Å². The molecule has 27 heavy (non-hydrogen) atoms. The lowest BCUT2D eigenvalue weighted by Crippen LogP contribution is -2.55. The fraction of sp³-hybridized carbons (Fsp3) is 0.545. The van der Waals surface area contributed by atoms with Gasteiger partial charge in [0, 0.05) is 30.6 Å². The van der Waals surface area contributed by atoms with Crippen molar-refractivity contribution in [2.75, 3.05) is 20.2 Å². The van der Waals surface area contributed by atoms with Gasteiger partial charge in [-0.3, -0.25) is 14.7 Å². The van der Waals surface area contributed by atoms with E-state index < -0.39 is 0 Å². The first-order valence-corrected chi connectivity index (χ1v) is 9.94. The third-order valence-corrected chi connectivity index (χ3v) is 6.39. The topological polar surface area (TPSA) is 51.7 Å². The average molecular weight is 368 g/mol. The van der Waals surface area contributed by atoms with Crippen molar-refractivity contribution >= 4 is 16.9 Å². The van der Waals surface area contributed by atoms with Crippen LogP contribution in [0.4, 0.5) is 0 Å². The molecule has 1 aromatic heterocycles. The molecular weight excluding hydrogens is 340 g/mol. The van der Waals surface area contributed by atoms with Gasteiger partial charge in [0.25, 0.3) is 0 Å². The van der Waals surface area contributed by atoms with Crippen molar-refractivity contribution in [2.45, 2.75) is 45.3 Å². The van der Waals surface area contributed by atoms with Crippen molar-refractivity contribution in [3.05, 3.63) is 36.0 Å². The molecule has 3 saturated heterocycles. The molecule has 2 bridgehead atoms. The van der Waals surface area contributed by atoms with Gasteiger partial charge in [-0.2, -0.15) is 0 Å². The van der Waals surface area contributed by atoms with Gasteiger partial charge in [0.1, 0.15) is 11.9 Å². The first-order valence-electron chi connectivity index (χ1n) is 9.94. The van der Waals surface area contributed by atoms with Crippen LogP contribution in [0.3, 0.4) is 0 Å². The quantitative estimate of drug-likeness (QED) is 0.748. The number of benzene rings is 1. The summed E-state index contributed by atoms with van der Waals surface area (Å²) in [6.45, 7) is 5.99. The van der Waals surface area contributed by atoms with E-state index >= 15 is 0 Å². The highest BCUT2D eigenvalue weighted by molar-refractivity contribution is 5.84. The summed E-state index contributed by atoms with van der Waals surface area (Å²) in [6.07, 6.45) is 5.10. The van der Waals surface area contributed by atoms with Gasteiger partial charge in [-0.25, -0.2) is 0 Å². The van der Waals surface area contributed by atoms with Gasteiger partial charge >= 0.3 is 5.97 Å². The standard InChI is InChI=1S/C22H28N2O3/c1-4-15-13-24-10-8-16(15)11-21(24)22(27-14(2)25)18-7-9-23-20-6-5-17(26-3)12-19(18)20/h5-7,9,12,15-16,21-22H,4,8,10-11,13H2,1-3H3/t15-,16+,21+,22-/m0/s1. The van der Waals surface area contributed by atoms with Crippen molar-refractivity contribution in [3.63, 3.8) is 0 Å². The number of aromatic nitrogens is 1. The van der Waals surface area contributed by atoms with Crippen LogP contribution >= 0.6 is 0 Å². The molecule has 5 atom stereocenters. The number of piperidine rings is 3. The number of carbonyl (C=O) groups excluding carboxylic acids is 1. The second-order valence-corrected chi connectivity index (χ2v) is 7.83. The second kappa shape index (κ2) is 7.47. The van der Waals surface area contributed by atoms with Crippen LogP contribution in [0.2, 0.25) is 0 Å². The summed E-state index contributed by atoms with van der Waals surface area (Å²) in [5.41, 5.74) is 1.92.